The topological polar surface area (TPSA) is 50.9 Å². The Labute approximate surface area is 83.0 Å². The first kappa shape index (κ1) is 8.81. The molecule has 0 saturated heterocycles. The minimum atomic E-state index is 0.782. The van der Waals surface area contributed by atoms with Gasteiger partial charge in [-0.15, -0.1) is 0 Å². The van der Waals surface area contributed by atoms with E-state index < -0.39 is 0 Å². The van der Waals surface area contributed by atoms with E-state index in [1.54, 1.807) is 0 Å². The lowest BCUT2D eigenvalue weighted by molar-refractivity contribution is 1.26. The summed E-state index contributed by atoms with van der Waals surface area (Å²) < 4.78 is 0. The summed E-state index contributed by atoms with van der Waals surface area (Å²) in [6.07, 6.45) is 0. The SMILES string of the molecule is CNc1ccc2nc(C)cc(N)c2c1. The van der Waals surface area contributed by atoms with Crippen LogP contribution in [0.3, 0.4) is 0 Å². The molecule has 1 heterocycles. The Morgan fingerprint density at radius 3 is 2.79 bits per heavy atom. The molecule has 0 radical (unpaired) electrons. The number of hydrogen-bond donors (Lipinski definition) is 2. The number of hydrogen-bond acceptors (Lipinski definition) is 3. The molecule has 0 aliphatic heterocycles. The van der Waals surface area contributed by atoms with Crippen molar-refractivity contribution in [1.29, 1.82) is 0 Å². The van der Waals surface area contributed by atoms with E-state index in [-0.39, 0.29) is 0 Å². The predicted octanol–water partition coefficient (Wildman–Crippen LogP) is 2.17. The standard InChI is InChI=1S/C11H13N3/c1-7-5-10(12)9-6-8(13-2)3-4-11(9)14-7/h3-6,13H,1-2H3,(H2,12,14). The number of fused-ring (bicyclic) bond motifs is 1. The number of benzene rings is 1. The van der Waals surface area contributed by atoms with Crippen LogP contribution in [0.25, 0.3) is 10.9 Å². The molecule has 0 fully saturated rings. The highest BCUT2D eigenvalue weighted by Crippen LogP contribution is 2.23. The first-order valence-electron chi connectivity index (χ1n) is 4.55. The van der Waals surface area contributed by atoms with Crippen molar-refractivity contribution in [3.05, 3.63) is 30.0 Å². The number of nitrogens with two attached hydrogens (primary N) is 1. The fourth-order valence-corrected chi connectivity index (χ4v) is 1.55. The van der Waals surface area contributed by atoms with E-state index in [2.05, 4.69) is 10.3 Å². The molecule has 2 aromatic rings. The maximum Gasteiger partial charge on any atom is 0.0727 e. The first-order chi connectivity index (χ1) is 6.70. The summed E-state index contributed by atoms with van der Waals surface area (Å²) in [4.78, 5) is 4.40. The Morgan fingerprint density at radius 2 is 2.07 bits per heavy atom. The average Bonchev–Trinajstić information content (AvgIpc) is 2.17. The van der Waals surface area contributed by atoms with Crippen LogP contribution in [-0.4, -0.2) is 12.0 Å². The van der Waals surface area contributed by atoms with E-state index in [1.165, 1.54) is 0 Å². The van der Waals surface area contributed by atoms with Gasteiger partial charge in [0.2, 0.25) is 0 Å². The Morgan fingerprint density at radius 1 is 1.29 bits per heavy atom. The molecule has 0 aliphatic carbocycles. The molecule has 0 spiro atoms. The van der Waals surface area contributed by atoms with Crippen molar-refractivity contribution in [2.24, 2.45) is 0 Å². The van der Waals surface area contributed by atoms with Gasteiger partial charge in [-0.25, -0.2) is 0 Å². The van der Waals surface area contributed by atoms with Gasteiger partial charge in [0, 0.05) is 29.5 Å². The second kappa shape index (κ2) is 3.18. The van der Waals surface area contributed by atoms with E-state index in [1.807, 2.05) is 38.2 Å². The molecule has 0 bridgehead atoms. The Hall–Kier alpha value is -1.77. The Kier molecular flexibility index (Phi) is 2.00. The van der Waals surface area contributed by atoms with Crippen molar-refractivity contribution in [3.8, 4) is 0 Å². The van der Waals surface area contributed by atoms with E-state index in [9.17, 15) is 0 Å². The molecule has 2 rings (SSSR count). The van der Waals surface area contributed by atoms with Crippen LogP contribution in [0.15, 0.2) is 24.3 Å². The lowest BCUT2D eigenvalue weighted by Gasteiger charge is -2.05. The maximum atomic E-state index is 5.91. The molecule has 1 aromatic heterocycles. The quantitative estimate of drug-likeness (QED) is 0.719. The molecule has 1 aromatic carbocycles. The van der Waals surface area contributed by atoms with Gasteiger partial charge in [-0.3, -0.25) is 4.98 Å². The number of aryl methyl sites for hydroxylation is 1. The van der Waals surface area contributed by atoms with Gasteiger partial charge in [-0.1, -0.05) is 0 Å². The van der Waals surface area contributed by atoms with Crippen LogP contribution in [0.2, 0.25) is 0 Å². The zero-order valence-corrected chi connectivity index (χ0v) is 8.33. The van der Waals surface area contributed by atoms with E-state index in [4.69, 9.17) is 5.73 Å². The zero-order chi connectivity index (χ0) is 10.1. The van der Waals surface area contributed by atoms with Crippen LogP contribution >= 0.6 is 0 Å². The number of nitrogens with zero attached hydrogens (tertiary/aromatic N) is 1. The molecule has 3 N–H and O–H groups in total. The number of anilines is 2. The van der Waals surface area contributed by atoms with Gasteiger partial charge in [-0.2, -0.15) is 0 Å². The molecule has 0 atom stereocenters. The highest BCUT2D eigenvalue weighted by Gasteiger charge is 2.01. The van der Waals surface area contributed by atoms with Crippen molar-refractivity contribution in [2.75, 3.05) is 18.1 Å². The highest BCUT2D eigenvalue weighted by atomic mass is 14.8. The van der Waals surface area contributed by atoms with Gasteiger partial charge in [0.15, 0.2) is 0 Å². The van der Waals surface area contributed by atoms with Crippen LogP contribution in [0.5, 0.6) is 0 Å². The Balaban J connectivity index is 2.75. The molecule has 0 amide bonds. The summed E-state index contributed by atoms with van der Waals surface area (Å²) in [5.41, 5.74) is 9.64. The van der Waals surface area contributed by atoms with Gasteiger partial charge in [0.05, 0.1) is 5.52 Å². The molecular formula is C11H13N3. The van der Waals surface area contributed by atoms with Gasteiger partial charge < -0.3 is 11.1 Å². The third-order valence-corrected chi connectivity index (χ3v) is 2.26. The second-order valence-electron chi connectivity index (χ2n) is 3.33. The molecule has 14 heavy (non-hydrogen) atoms. The van der Waals surface area contributed by atoms with Crippen molar-refractivity contribution in [2.45, 2.75) is 6.92 Å². The fourth-order valence-electron chi connectivity index (χ4n) is 1.55. The van der Waals surface area contributed by atoms with Crippen LogP contribution < -0.4 is 11.1 Å². The summed E-state index contributed by atoms with van der Waals surface area (Å²) in [5, 5.41) is 4.08. The third-order valence-electron chi connectivity index (χ3n) is 2.26. The number of aromatic nitrogens is 1. The molecule has 0 unspecified atom stereocenters. The van der Waals surface area contributed by atoms with Crippen LogP contribution in [0.4, 0.5) is 11.4 Å². The lowest BCUT2D eigenvalue weighted by atomic mass is 10.1. The van der Waals surface area contributed by atoms with Crippen molar-refractivity contribution >= 4 is 22.3 Å². The van der Waals surface area contributed by atoms with Gasteiger partial charge in [0.25, 0.3) is 0 Å². The molecule has 3 heteroatoms. The molecule has 0 aliphatic rings. The normalized spacial score (nSPS) is 10.4. The van der Waals surface area contributed by atoms with Gasteiger partial charge in [0.1, 0.15) is 0 Å². The second-order valence-corrected chi connectivity index (χ2v) is 3.33. The fraction of sp³-hybridized carbons (Fsp3) is 0.182. The average molecular weight is 187 g/mol. The summed E-state index contributed by atoms with van der Waals surface area (Å²) in [5.74, 6) is 0. The monoisotopic (exact) mass is 187 g/mol. The number of rotatable bonds is 1. The highest BCUT2D eigenvalue weighted by molar-refractivity contribution is 5.92. The zero-order valence-electron chi connectivity index (χ0n) is 8.33. The summed E-state index contributed by atoms with van der Waals surface area (Å²) in [6, 6.07) is 7.87. The van der Waals surface area contributed by atoms with Gasteiger partial charge in [-0.05, 0) is 31.2 Å². The third kappa shape index (κ3) is 1.37. The summed E-state index contributed by atoms with van der Waals surface area (Å²) >= 11 is 0. The summed E-state index contributed by atoms with van der Waals surface area (Å²) in [7, 11) is 1.89. The minimum absolute atomic E-state index is 0.782. The van der Waals surface area contributed by atoms with Crippen LogP contribution in [0, 0.1) is 6.92 Å². The van der Waals surface area contributed by atoms with E-state index >= 15 is 0 Å². The summed E-state index contributed by atoms with van der Waals surface area (Å²) in [6.45, 7) is 1.95. The number of pyridine rings is 1. The number of nitrogen functional groups attached to an aromatic ring is 1. The minimum Gasteiger partial charge on any atom is -0.398 e. The van der Waals surface area contributed by atoms with Crippen LogP contribution in [-0.2, 0) is 0 Å². The Bertz CT molecular complexity index is 477. The van der Waals surface area contributed by atoms with Gasteiger partial charge >= 0.3 is 0 Å². The largest absolute Gasteiger partial charge is 0.398 e. The van der Waals surface area contributed by atoms with E-state index in [0.29, 0.717) is 0 Å². The molecular weight excluding hydrogens is 174 g/mol. The number of nitrogens with one attached hydrogen (secondary N) is 1. The molecule has 72 valence electrons. The molecule has 3 nitrogen and oxygen atoms in total. The van der Waals surface area contributed by atoms with Crippen LogP contribution in [0.1, 0.15) is 5.69 Å². The first-order valence-corrected chi connectivity index (χ1v) is 4.55. The maximum absolute atomic E-state index is 5.91. The van der Waals surface area contributed by atoms with E-state index in [0.717, 1.165) is 28.0 Å². The van der Waals surface area contributed by atoms with Crippen molar-refractivity contribution < 1.29 is 0 Å². The predicted molar refractivity (Wildman–Crippen MR) is 60.4 cm³/mol. The van der Waals surface area contributed by atoms with Crippen molar-refractivity contribution in [3.63, 3.8) is 0 Å². The molecule has 0 saturated carbocycles. The van der Waals surface area contributed by atoms with Crippen molar-refractivity contribution in [1.82, 2.24) is 4.98 Å². The smallest absolute Gasteiger partial charge is 0.0727 e. The lowest BCUT2D eigenvalue weighted by Crippen LogP contribution is -1.94.